The average molecular weight is 504 g/mol. The Morgan fingerprint density at radius 2 is 1.62 bits per heavy atom. The molecule has 0 unspecified atom stereocenters. The number of rotatable bonds is 6. The number of amides is 1. The fourth-order valence-electron chi connectivity index (χ4n) is 3.90. The summed E-state index contributed by atoms with van der Waals surface area (Å²) in [4.78, 5) is 16.9. The molecule has 1 aliphatic rings. The van der Waals surface area contributed by atoms with Gasteiger partial charge in [-0.15, -0.1) is 0 Å². The van der Waals surface area contributed by atoms with Gasteiger partial charge in [0.25, 0.3) is 5.91 Å². The quantitative estimate of drug-likeness (QED) is 0.336. The summed E-state index contributed by atoms with van der Waals surface area (Å²) in [6, 6.07) is 15.4. The number of benzene rings is 2. The molecule has 0 spiro atoms. The number of halogens is 1. The molecular weight excluding hydrogens is 475 g/mol. The van der Waals surface area contributed by atoms with E-state index in [1.165, 1.54) is 11.1 Å². The summed E-state index contributed by atoms with van der Waals surface area (Å²) in [5.41, 5.74) is 5.46. The Morgan fingerprint density at radius 3 is 2.17 bits per heavy atom. The Kier molecular flexibility index (Phi) is 7.72. The van der Waals surface area contributed by atoms with Crippen molar-refractivity contribution in [3.63, 3.8) is 0 Å². The number of carbonyl (C=O) groups excluding carboxylic acids is 1. The van der Waals surface area contributed by atoms with E-state index in [0.717, 1.165) is 47.2 Å². The van der Waals surface area contributed by atoms with Crippen molar-refractivity contribution in [2.45, 2.75) is 26.7 Å². The third kappa shape index (κ3) is 5.20. The number of alkyl halides is 1. The van der Waals surface area contributed by atoms with Crippen LogP contribution in [0.3, 0.4) is 0 Å². The maximum atomic E-state index is 12.6. The Labute approximate surface area is 187 Å². The second kappa shape index (κ2) is 10.3. The smallest absolute Gasteiger partial charge is 0.253 e. The number of phenols is 1. The van der Waals surface area contributed by atoms with Crippen molar-refractivity contribution >= 4 is 34.1 Å². The van der Waals surface area contributed by atoms with Crippen molar-refractivity contribution < 1.29 is 9.90 Å². The molecule has 2 aromatic carbocycles. The van der Waals surface area contributed by atoms with E-state index in [-0.39, 0.29) is 11.7 Å². The van der Waals surface area contributed by atoms with Crippen LogP contribution in [0.5, 0.6) is 5.75 Å². The lowest BCUT2D eigenvalue weighted by molar-refractivity contribution is 0.0773. The monoisotopic (exact) mass is 504 g/mol. The number of carbonyl (C=O) groups is 1. The first-order chi connectivity index (χ1) is 14.1. The van der Waals surface area contributed by atoms with Crippen molar-refractivity contribution in [3.05, 3.63) is 70.8 Å². The number of aromatic hydroxyl groups is 1. The van der Waals surface area contributed by atoms with Gasteiger partial charge in [0.15, 0.2) is 0 Å². The number of likely N-dealkylation sites (tertiary alicyclic amines) is 1. The predicted octanol–water partition coefficient (Wildman–Crippen LogP) is 5.16. The van der Waals surface area contributed by atoms with Gasteiger partial charge >= 0.3 is 0 Å². The molecule has 0 atom stereocenters. The van der Waals surface area contributed by atoms with Gasteiger partial charge in [0.05, 0.1) is 4.55 Å². The van der Waals surface area contributed by atoms with E-state index in [1.807, 2.05) is 55.1 Å². The molecule has 1 fully saturated rings. The van der Waals surface area contributed by atoms with Crippen LogP contribution in [0.4, 0.5) is 0 Å². The Hall–Kier alpha value is -1.86. The van der Waals surface area contributed by atoms with E-state index in [0.29, 0.717) is 13.1 Å². The van der Waals surface area contributed by atoms with Crippen molar-refractivity contribution in [2.75, 3.05) is 30.7 Å². The molecule has 1 N–H and O–H groups in total. The van der Waals surface area contributed by atoms with Gasteiger partial charge in [-0.05, 0) is 67.7 Å². The van der Waals surface area contributed by atoms with Crippen molar-refractivity contribution in [1.82, 2.24) is 9.80 Å². The number of hydrogen-bond acceptors (Lipinski definition) is 3. The SMILES string of the molecule is CCN(CC)C(=O)c1ccc(C(=C2CCN(CI)CC2)c2cccc(O)c2)cc1. The highest BCUT2D eigenvalue weighted by Gasteiger charge is 2.19. The minimum absolute atomic E-state index is 0.0727. The van der Waals surface area contributed by atoms with Crippen LogP contribution in [0.1, 0.15) is 48.2 Å². The first-order valence-electron chi connectivity index (χ1n) is 10.3. The summed E-state index contributed by atoms with van der Waals surface area (Å²) in [5, 5.41) is 10.0. The molecule has 154 valence electrons. The lowest BCUT2D eigenvalue weighted by Gasteiger charge is -2.28. The third-order valence-electron chi connectivity index (χ3n) is 5.59. The minimum atomic E-state index is 0.0727. The van der Waals surface area contributed by atoms with Crippen LogP contribution in [0.25, 0.3) is 5.57 Å². The summed E-state index contributed by atoms with van der Waals surface area (Å²) in [7, 11) is 0. The highest BCUT2D eigenvalue weighted by atomic mass is 127. The molecule has 5 heteroatoms. The normalized spacial score (nSPS) is 14.7. The van der Waals surface area contributed by atoms with E-state index in [2.05, 4.69) is 33.6 Å². The van der Waals surface area contributed by atoms with Gasteiger partial charge in [0.1, 0.15) is 5.75 Å². The highest BCUT2D eigenvalue weighted by Crippen LogP contribution is 2.34. The van der Waals surface area contributed by atoms with Crippen LogP contribution in [0, 0.1) is 0 Å². The van der Waals surface area contributed by atoms with Gasteiger partial charge < -0.3 is 10.0 Å². The Morgan fingerprint density at radius 1 is 1.00 bits per heavy atom. The lowest BCUT2D eigenvalue weighted by Crippen LogP contribution is -2.30. The third-order valence-corrected chi connectivity index (χ3v) is 6.55. The predicted molar refractivity (Wildman–Crippen MR) is 128 cm³/mol. The molecule has 3 rings (SSSR count). The summed E-state index contributed by atoms with van der Waals surface area (Å²) in [5.74, 6) is 0.349. The van der Waals surface area contributed by atoms with Crippen LogP contribution < -0.4 is 0 Å². The van der Waals surface area contributed by atoms with Crippen LogP contribution >= 0.6 is 22.6 Å². The number of nitrogens with zero attached hydrogens (tertiary/aromatic N) is 2. The van der Waals surface area contributed by atoms with E-state index in [4.69, 9.17) is 0 Å². The largest absolute Gasteiger partial charge is 0.508 e. The number of phenolic OH excluding ortho intramolecular Hbond substituents is 1. The van der Waals surface area contributed by atoms with Crippen LogP contribution in [-0.4, -0.2) is 51.5 Å². The summed E-state index contributed by atoms with van der Waals surface area (Å²) in [6.45, 7) is 7.54. The zero-order valence-electron chi connectivity index (χ0n) is 17.2. The van der Waals surface area contributed by atoms with E-state index in [9.17, 15) is 9.90 Å². The molecule has 0 bridgehead atoms. The van der Waals surface area contributed by atoms with Gasteiger partial charge in [-0.25, -0.2) is 0 Å². The summed E-state index contributed by atoms with van der Waals surface area (Å²) >= 11 is 2.42. The minimum Gasteiger partial charge on any atom is -0.508 e. The van der Waals surface area contributed by atoms with Gasteiger partial charge in [0, 0.05) is 31.7 Å². The molecule has 0 radical (unpaired) electrons. The van der Waals surface area contributed by atoms with Crippen molar-refractivity contribution in [3.8, 4) is 5.75 Å². The maximum Gasteiger partial charge on any atom is 0.253 e. The van der Waals surface area contributed by atoms with Crippen molar-refractivity contribution in [1.29, 1.82) is 0 Å². The zero-order chi connectivity index (χ0) is 20.8. The molecule has 2 aromatic rings. The molecule has 1 saturated heterocycles. The standard InChI is InChI=1S/C24H29IN2O2/c1-3-27(4-2)24(29)20-10-8-18(9-11-20)23(21-6-5-7-22(28)16-21)19-12-14-26(17-25)15-13-19/h5-11,16,28H,3-4,12-15,17H2,1-2H3. The molecular formula is C24H29IN2O2. The Bertz CT molecular complexity index is 863. The molecule has 29 heavy (non-hydrogen) atoms. The zero-order valence-corrected chi connectivity index (χ0v) is 19.4. The second-order valence-corrected chi connectivity index (χ2v) is 8.00. The fourth-order valence-corrected chi connectivity index (χ4v) is 4.58. The maximum absolute atomic E-state index is 12.6. The molecule has 1 amide bonds. The molecule has 0 saturated carbocycles. The topological polar surface area (TPSA) is 43.8 Å². The molecule has 1 aliphatic heterocycles. The van der Waals surface area contributed by atoms with E-state index >= 15 is 0 Å². The second-order valence-electron chi connectivity index (χ2n) is 7.32. The number of piperidine rings is 1. The van der Waals surface area contributed by atoms with E-state index < -0.39 is 0 Å². The molecule has 1 heterocycles. The van der Waals surface area contributed by atoms with E-state index in [1.54, 1.807) is 6.07 Å². The molecule has 4 nitrogen and oxygen atoms in total. The Balaban J connectivity index is 1.98. The van der Waals surface area contributed by atoms with Gasteiger partial charge in [-0.1, -0.05) is 52.4 Å². The first-order valence-corrected chi connectivity index (χ1v) is 11.8. The fraction of sp³-hybridized carbons (Fsp3) is 0.375. The average Bonchev–Trinajstić information content (AvgIpc) is 2.76. The van der Waals surface area contributed by atoms with Gasteiger partial charge in [0.2, 0.25) is 0 Å². The van der Waals surface area contributed by atoms with Gasteiger partial charge in [-0.3, -0.25) is 9.69 Å². The summed E-state index contributed by atoms with van der Waals surface area (Å²) in [6.07, 6.45) is 2.04. The van der Waals surface area contributed by atoms with Crippen LogP contribution in [-0.2, 0) is 0 Å². The lowest BCUT2D eigenvalue weighted by atomic mass is 9.88. The first kappa shape index (κ1) is 21.8. The summed E-state index contributed by atoms with van der Waals surface area (Å²) < 4.78 is 1.05. The van der Waals surface area contributed by atoms with Crippen LogP contribution in [0.15, 0.2) is 54.1 Å². The number of hydrogen-bond donors (Lipinski definition) is 1. The van der Waals surface area contributed by atoms with Gasteiger partial charge in [-0.2, -0.15) is 0 Å². The van der Waals surface area contributed by atoms with Crippen molar-refractivity contribution in [2.24, 2.45) is 0 Å². The van der Waals surface area contributed by atoms with Crippen LogP contribution in [0.2, 0.25) is 0 Å². The molecule has 0 aliphatic carbocycles. The highest BCUT2D eigenvalue weighted by molar-refractivity contribution is 14.1. The molecule has 0 aromatic heterocycles.